The minimum atomic E-state index is 0.132. The lowest BCUT2D eigenvalue weighted by molar-refractivity contribution is 0.905. The zero-order chi connectivity index (χ0) is 11.7. The van der Waals surface area contributed by atoms with E-state index in [9.17, 15) is 0 Å². The average molecular weight is 263 g/mol. The van der Waals surface area contributed by atoms with Crippen LogP contribution in [0.25, 0.3) is 0 Å². The number of thiophene rings is 1. The van der Waals surface area contributed by atoms with Gasteiger partial charge in [0, 0.05) is 9.75 Å². The summed E-state index contributed by atoms with van der Waals surface area (Å²) in [4.78, 5) is 2.92. The zero-order valence-corrected chi connectivity index (χ0v) is 11.2. The van der Waals surface area contributed by atoms with Crippen molar-refractivity contribution in [2.24, 2.45) is 0 Å². The van der Waals surface area contributed by atoms with E-state index in [1.165, 1.54) is 29.7 Å². The Balaban J connectivity index is 1.75. The van der Waals surface area contributed by atoms with E-state index in [0.29, 0.717) is 0 Å². The monoisotopic (exact) mass is 262 g/mol. The van der Waals surface area contributed by atoms with Crippen LogP contribution < -0.4 is 0 Å². The summed E-state index contributed by atoms with van der Waals surface area (Å²) in [5.41, 5.74) is 2.87. The quantitative estimate of drug-likeness (QED) is 0.700. The van der Waals surface area contributed by atoms with Crippen molar-refractivity contribution in [2.45, 2.75) is 31.1 Å². The molecular formula is C15H15ClS. The van der Waals surface area contributed by atoms with E-state index in [-0.39, 0.29) is 5.38 Å². The number of halogens is 1. The molecule has 0 fully saturated rings. The molecule has 0 aliphatic heterocycles. The first-order chi connectivity index (χ1) is 8.33. The average Bonchev–Trinajstić information content (AvgIpc) is 2.90. The SMILES string of the molecule is ClC(Cc1ccccc1)c1cc2c(s1)CCC2. The molecule has 2 heteroatoms. The predicted octanol–water partition coefficient (Wildman–Crippen LogP) is 4.76. The maximum absolute atomic E-state index is 6.52. The molecule has 1 heterocycles. The molecule has 1 aromatic carbocycles. The van der Waals surface area contributed by atoms with Gasteiger partial charge in [-0.3, -0.25) is 0 Å². The predicted molar refractivity (Wildman–Crippen MR) is 75.1 cm³/mol. The second-order valence-electron chi connectivity index (χ2n) is 4.61. The molecule has 0 N–H and O–H groups in total. The molecule has 1 unspecified atom stereocenters. The highest BCUT2D eigenvalue weighted by Gasteiger charge is 2.18. The molecule has 1 aliphatic rings. The van der Waals surface area contributed by atoms with Crippen LogP contribution in [-0.2, 0) is 19.3 Å². The van der Waals surface area contributed by atoms with Gasteiger partial charge in [0.05, 0.1) is 5.38 Å². The first-order valence-electron chi connectivity index (χ1n) is 6.12. The summed E-state index contributed by atoms with van der Waals surface area (Å²) in [6.45, 7) is 0. The van der Waals surface area contributed by atoms with Crippen molar-refractivity contribution in [1.29, 1.82) is 0 Å². The number of hydrogen-bond donors (Lipinski definition) is 0. The van der Waals surface area contributed by atoms with E-state index in [1.807, 2.05) is 17.4 Å². The second-order valence-corrected chi connectivity index (χ2v) is 6.30. The standard InChI is InChI=1S/C15H15ClS/c16-13(9-11-5-2-1-3-6-11)15-10-12-7-4-8-14(12)17-15/h1-3,5-6,10,13H,4,7-9H2. The first-order valence-corrected chi connectivity index (χ1v) is 7.38. The topological polar surface area (TPSA) is 0 Å². The van der Waals surface area contributed by atoms with Gasteiger partial charge in [0.2, 0.25) is 0 Å². The summed E-state index contributed by atoms with van der Waals surface area (Å²) < 4.78 is 0. The molecular weight excluding hydrogens is 248 g/mol. The first kappa shape index (κ1) is 11.3. The molecule has 3 rings (SSSR count). The van der Waals surface area contributed by atoms with Gasteiger partial charge in [-0.05, 0) is 42.9 Å². The van der Waals surface area contributed by atoms with E-state index in [4.69, 9.17) is 11.6 Å². The molecule has 17 heavy (non-hydrogen) atoms. The lowest BCUT2D eigenvalue weighted by Gasteiger charge is -2.07. The molecule has 0 bridgehead atoms. The highest BCUT2D eigenvalue weighted by molar-refractivity contribution is 7.12. The Morgan fingerprint density at radius 1 is 1.18 bits per heavy atom. The highest BCUT2D eigenvalue weighted by Crippen LogP contribution is 2.37. The van der Waals surface area contributed by atoms with Crippen molar-refractivity contribution in [3.63, 3.8) is 0 Å². The lowest BCUT2D eigenvalue weighted by atomic mass is 10.1. The van der Waals surface area contributed by atoms with Gasteiger partial charge in [-0.25, -0.2) is 0 Å². The molecule has 0 saturated heterocycles. The van der Waals surface area contributed by atoms with Gasteiger partial charge in [0.15, 0.2) is 0 Å². The minimum absolute atomic E-state index is 0.132. The van der Waals surface area contributed by atoms with E-state index >= 15 is 0 Å². The van der Waals surface area contributed by atoms with Crippen LogP contribution in [-0.4, -0.2) is 0 Å². The molecule has 2 aromatic rings. The van der Waals surface area contributed by atoms with E-state index in [0.717, 1.165) is 6.42 Å². The molecule has 0 radical (unpaired) electrons. The fraction of sp³-hybridized carbons (Fsp3) is 0.333. The zero-order valence-electron chi connectivity index (χ0n) is 9.66. The van der Waals surface area contributed by atoms with Gasteiger partial charge >= 0.3 is 0 Å². The summed E-state index contributed by atoms with van der Waals surface area (Å²) in [5, 5.41) is 0.132. The fourth-order valence-electron chi connectivity index (χ4n) is 2.43. The third-order valence-electron chi connectivity index (χ3n) is 3.33. The Labute approximate surface area is 111 Å². The number of aryl methyl sites for hydroxylation is 2. The number of fused-ring (bicyclic) bond motifs is 1. The molecule has 1 aliphatic carbocycles. The van der Waals surface area contributed by atoms with E-state index < -0.39 is 0 Å². The number of hydrogen-bond acceptors (Lipinski definition) is 1. The van der Waals surface area contributed by atoms with Crippen molar-refractivity contribution in [3.8, 4) is 0 Å². The molecule has 1 atom stereocenters. The molecule has 0 saturated carbocycles. The maximum atomic E-state index is 6.52. The molecule has 0 spiro atoms. The van der Waals surface area contributed by atoms with Crippen molar-refractivity contribution in [1.82, 2.24) is 0 Å². The number of rotatable bonds is 3. The van der Waals surface area contributed by atoms with Crippen LogP contribution >= 0.6 is 22.9 Å². The van der Waals surface area contributed by atoms with Gasteiger partial charge in [-0.1, -0.05) is 30.3 Å². The van der Waals surface area contributed by atoms with Crippen LogP contribution in [0.5, 0.6) is 0 Å². The molecule has 1 aromatic heterocycles. The minimum Gasteiger partial charge on any atom is -0.144 e. The van der Waals surface area contributed by atoms with Crippen LogP contribution in [0.3, 0.4) is 0 Å². The van der Waals surface area contributed by atoms with Gasteiger partial charge in [-0.2, -0.15) is 0 Å². The van der Waals surface area contributed by atoms with Crippen LogP contribution in [0.4, 0.5) is 0 Å². The Bertz CT molecular complexity index is 479. The Morgan fingerprint density at radius 3 is 2.76 bits per heavy atom. The van der Waals surface area contributed by atoms with Crippen LogP contribution in [0.2, 0.25) is 0 Å². The Hall–Kier alpha value is -0.790. The molecule has 88 valence electrons. The summed E-state index contributed by atoms with van der Waals surface area (Å²) >= 11 is 8.43. The van der Waals surface area contributed by atoms with Gasteiger partial charge in [-0.15, -0.1) is 22.9 Å². The molecule has 0 nitrogen and oxygen atoms in total. The van der Waals surface area contributed by atoms with Crippen LogP contribution in [0.15, 0.2) is 36.4 Å². The summed E-state index contributed by atoms with van der Waals surface area (Å²) in [6, 6.07) is 12.8. The van der Waals surface area contributed by atoms with Crippen molar-refractivity contribution < 1.29 is 0 Å². The third-order valence-corrected chi connectivity index (χ3v) is 5.20. The van der Waals surface area contributed by atoms with Crippen LogP contribution in [0, 0.1) is 0 Å². The van der Waals surface area contributed by atoms with Crippen LogP contribution in [0.1, 0.15) is 32.7 Å². The number of benzene rings is 1. The van der Waals surface area contributed by atoms with Gasteiger partial charge in [0.1, 0.15) is 0 Å². The van der Waals surface area contributed by atoms with Gasteiger partial charge < -0.3 is 0 Å². The van der Waals surface area contributed by atoms with E-state index in [2.05, 4.69) is 30.3 Å². The maximum Gasteiger partial charge on any atom is 0.0719 e. The van der Waals surface area contributed by atoms with E-state index in [1.54, 1.807) is 10.4 Å². The Kier molecular flexibility index (Phi) is 3.21. The van der Waals surface area contributed by atoms with Crippen molar-refractivity contribution in [2.75, 3.05) is 0 Å². The third kappa shape index (κ3) is 2.41. The van der Waals surface area contributed by atoms with Crippen molar-refractivity contribution in [3.05, 3.63) is 57.3 Å². The fourth-order valence-corrected chi connectivity index (χ4v) is 4.04. The highest BCUT2D eigenvalue weighted by atomic mass is 35.5. The smallest absolute Gasteiger partial charge is 0.0719 e. The summed E-state index contributed by atoms with van der Waals surface area (Å²) in [5.74, 6) is 0. The molecule has 0 amide bonds. The summed E-state index contributed by atoms with van der Waals surface area (Å²) in [7, 11) is 0. The second kappa shape index (κ2) is 4.83. The normalized spacial score (nSPS) is 15.8. The van der Waals surface area contributed by atoms with Crippen molar-refractivity contribution >= 4 is 22.9 Å². The van der Waals surface area contributed by atoms with Gasteiger partial charge in [0.25, 0.3) is 0 Å². The lowest BCUT2D eigenvalue weighted by Crippen LogP contribution is -1.93. The Morgan fingerprint density at radius 2 is 2.00 bits per heavy atom. The number of alkyl halides is 1. The largest absolute Gasteiger partial charge is 0.144 e. The summed E-state index contributed by atoms with van der Waals surface area (Å²) in [6.07, 6.45) is 4.77.